The summed E-state index contributed by atoms with van der Waals surface area (Å²) in [6, 6.07) is 21.0. The first-order valence-corrected chi connectivity index (χ1v) is 13.5. The predicted octanol–water partition coefficient (Wildman–Crippen LogP) is 4.15. The second-order valence-corrected chi connectivity index (χ2v) is 10.9. The largest absolute Gasteiger partial charge is 0.394 e. The number of aliphatic hydroxyl groups is 2. The van der Waals surface area contributed by atoms with Crippen molar-refractivity contribution in [2.75, 3.05) is 6.61 Å². The summed E-state index contributed by atoms with van der Waals surface area (Å²) in [7, 11) is -3.89. The Morgan fingerprint density at radius 3 is 2.14 bits per heavy atom. The van der Waals surface area contributed by atoms with Crippen molar-refractivity contribution in [1.29, 1.82) is 0 Å². The number of aliphatic hydroxyl groups excluding tert-OH is 2. The molecule has 1 unspecified atom stereocenters. The van der Waals surface area contributed by atoms with Crippen LogP contribution in [0.4, 0.5) is 0 Å². The van der Waals surface area contributed by atoms with E-state index < -0.39 is 40.7 Å². The predicted molar refractivity (Wildman–Crippen MR) is 140 cm³/mol. The van der Waals surface area contributed by atoms with Crippen molar-refractivity contribution in [2.45, 2.75) is 49.9 Å². The highest BCUT2D eigenvalue weighted by Crippen LogP contribution is 2.32. The molecule has 0 aromatic heterocycles. The lowest BCUT2D eigenvalue weighted by Gasteiger charge is -2.31. The van der Waals surface area contributed by atoms with Crippen LogP contribution in [0.3, 0.4) is 0 Å². The number of benzene rings is 3. The first-order chi connectivity index (χ1) is 17.2. The molecule has 0 spiro atoms. The van der Waals surface area contributed by atoms with E-state index in [4.69, 9.17) is 11.6 Å². The summed E-state index contributed by atoms with van der Waals surface area (Å²) in [5.41, 5.74) is 1.91. The zero-order valence-corrected chi connectivity index (χ0v) is 21.8. The topological polar surface area (TPSA) is 107 Å². The van der Waals surface area contributed by atoms with E-state index in [2.05, 4.69) is 5.32 Å². The van der Waals surface area contributed by atoms with Crippen molar-refractivity contribution in [3.63, 3.8) is 0 Å². The van der Waals surface area contributed by atoms with Crippen molar-refractivity contribution >= 4 is 27.5 Å². The maximum atomic E-state index is 13.8. The lowest BCUT2D eigenvalue weighted by atomic mass is 10.0. The van der Waals surface area contributed by atoms with Gasteiger partial charge in [-0.2, -0.15) is 4.31 Å². The van der Waals surface area contributed by atoms with Gasteiger partial charge in [0.05, 0.1) is 29.7 Å². The fourth-order valence-electron chi connectivity index (χ4n) is 3.90. The Balaban J connectivity index is 1.93. The monoisotopic (exact) mass is 530 g/mol. The van der Waals surface area contributed by atoms with Crippen molar-refractivity contribution in [3.8, 4) is 0 Å². The highest BCUT2D eigenvalue weighted by molar-refractivity contribution is 7.89. The van der Waals surface area contributed by atoms with Crippen molar-refractivity contribution < 1.29 is 23.4 Å². The first-order valence-electron chi connectivity index (χ1n) is 11.7. The fourth-order valence-corrected chi connectivity index (χ4v) is 5.70. The molecule has 0 heterocycles. The van der Waals surface area contributed by atoms with Crippen LogP contribution < -0.4 is 5.32 Å². The number of halogens is 1. The average Bonchev–Trinajstić information content (AvgIpc) is 2.88. The standard InChI is InChI=1S/C27H31ClN2O5S/c1-3-26(21-7-5-4-6-8-21)30(36(34,35)24-15-13-23(28)14-16-24)17-20-9-11-22(12-10-20)27(33)29-25(18-31)19(2)32/h4-16,19,25-26,31-32H,3,17-18H2,1-2H3,(H,29,33)/t19-,25-,26?/m1/s1. The molecule has 0 fully saturated rings. The van der Waals surface area contributed by atoms with Crippen LogP contribution in [0.25, 0.3) is 0 Å². The SMILES string of the molecule is CCC(c1ccccc1)N(Cc1ccc(C(=O)N[C@H](CO)[C@@H](C)O)cc1)S(=O)(=O)c1ccc(Cl)cc1. The first kappa shape index (κ1) is 27.8. The van der Waals surface area contributed by atoms with Crippen molar-refractivity contribution in [1.82, 2.24) is 9.62 Å². The lowest BCUT2D eigenvalue weighted by molar-refractivity contribution is 0.0758. The Labute approximate surface area is 217 Å². The zero-order chi connectivity index (χ0) is 26.3. The molecular weight excluding hydrogens is 500 g/mol. The molecule has 0 bridgehead atoms. The van der Waals surface area contributed by atoms with Gasteiger partial charge in [0.25, 0.3) is 5.91 Å². The minimum absolute atomic E-state index is 0.0905. The number of sulfonamides is 1. The van der Waals surface area contributed by atoms with E-state index >= 15 is 0 Å². The molecule has 0 aliphatic heterocycles. The summed E-state index contributed by atoms with van der Waals surface area (Å²) in [5.74, 6) is -0.442. The zero-order valence-electron chi connectivity index (χ0n) is 20.2. The molecule has 192 valence electrons. The number of nitrogens with zero attached hydrogens (tertiary/aromatic N) is 1. The van der Waals surface area contributed by atoms with Crippen molar-refractivity contribution in [3.05, 3.63) is 101 Å². The van der Waals surface area contributed by atoms with Gasteiger partial charge in [-0.3, -0.25) is 4.79 Å². The smallest absolute Gasteiger partial charge is 0.251 e. The van der Waals surface area contributed by atoms with E-state index in [0.717, 1.165) is 5.56 Å². The second kappa shape index (κ2) is 12.5. The molecule has 9 heteroatoms. The van der Waals surface area contributed by atoms with E-state index in [1.807, 2.05) is 37.3 Å². The molecule has 0 aliphatic rings. The van der Waals surface area contributed by atoms with Gasteiger partial charge in [-0.25, -0.2) is 8.42 Å². The van der Waals surface area contributed by atoms with Crippen LogP contribution in [0.2, 0.25) is 5.02 Å². The number of carbonyl (C=O) groups excluding carboxylic acids is 1. The molecule has 3 aromatic rings. The van der Waals surface area contributed by atoms with E-state index in [-0.39, 0.29) is 11.4 Å². The quantitative estimate of drug-likeness (QED) is 0.345. The molecule has 3 rings (SSSR count). The maximum Gasteiger partial charge on any atom is 0.251 e. The van der Waals surface area contributed by atoms with E-state index in [1.54, 1.807) is 36.4 Å². The average molecular weight is 531 g/mol. The molecule has 0 radical (unpaired) electrons. The number of nitrogens with one attached hydrogen (secondary N) is 1. The molecule has 0 saturated heterocycles. The van der Waals surface area contributed by atoms with Gasteiger partial charge in [0.1, 0.15) is 0 Å². The van der Waals surface area contributed by atoms with E-state index in [1.165, 1.54) is 23.4 Å². The molecular formula is C27H31ClN2O5S. The Bertz CT molecular complexity index is 1230. The number of hydrogen-bond acceptors (Lipinski definition) is 5. The van der Waals surface area contributed by atoms with Crippen LogP contribution >= 0.6 is 11.6 Å². The van der Waals surface area contributed by atoms with Gasteiger partial charge in [0.2, 0.25) is 10.0 Å². The minimum Gasteiger partial charge on any atom is -0.394 e. The third-order valence-electron chi connectivity index (χ3n) is 5.99. The van der Waals surface area contributed by atoms with Crippen LogP contribution in [0.1, 0.15) is 47.8 Å². The van der Waals surface area contributed by atoms with E-state index in [9.17, 15) is 23.4 Å². The summed E-state index contributed by atoms with van der Waals surface area (Å²) in [6.45, 7) is 3.12. The molecule has 1 amide bonds. The van der Waals surface area contributed by atoms with Gasteiger partial charge in [0, 0.05) is 17.1 Å². The molecule has 0 saturated carbocycles. The molecule has 7 nitrogen and oxygen atoms in total. The van der Waals surface area contributed by atoms with Crippen LogP contribution in [-0.2, 0) is 16.6 Å². The maximum absolute atomic E-state index is 13.8. The molecule has 3 aromatic carbocycles. The number of rotatable bonds is 11. The summed E-state index contributed by atoms with van der Waals surface area (Å²) >= 11 is 5.99. The van der Waals surface area contributed by atoms with Gasteiger partial charge in [-0.05, 0) is 60.9 Å². The van der Waals surface area contributed by atoms with Crippen LogP contribution in [0.15, 0.2) is 83.8 Å². The second-order valence-electron chi connectivity index (χ2n) is 8.54. The number of hydrogen-bond donors (Lipinski definition) is 3. The minimum atomic E-state index is -3.89. The highest BCUT2D eigenvalue weighted by atomic mass is 35.5. The van der Waals surface area contributed by atoms with Crippen LogP contribution in [0, 0.1) is 0 Å². The number of amides is 1. The normalized spacial score (nSPS) is 14.3. The van der Waals surface area contributed by atoms with Gasteiger partial charge >= 0.3 is 0 Å². The molecule has 36 heavy (non-hydrogen) atoms. The van der Waals surface area contributed by atoms with E-state index in [0.29, 0.717) is 22.6 Å². The Morgan fingerprint density at radius 1 is 1.00 bits per heavy atom. The Kier molecular flexibility index (Phi) is 9.64. The van der Waals surface area contributed by atoms with Gasteiger partial charge in [0.15, 0.2) is 0 Å². The van der Waals surface area contributed by atoms with Gasteiger partial charge < -0.3 is 15.5 Å². The summed E-state index contributed by atoms with van der Waals surface area (Å²) < 4.78 is 29.0. The number of carbonyl (C=O) groups is 1. The summed E-state index contributed by atoms with van der Waals surface area (Å²) in [4.78, 5) is 12.7. The fraction of sp³-hybridized carbons (Fsp3) is 0.296. The third-order valence-corrected chi connectivity index (χ3v) is 8.11. The molecule has 0 aliphatic carbocycles. The van der Waals surface area contributed by atoms with Crippen molar-refractivity contribution in [2.24, 2.45) is 0 Å². The Hall–Kier alpha value is -2.75. The van der Waals surface area contributed by atoms with Crippen LogP contribution in [-0.4, -0.2) is 47.6 Å². The lowest BCUT2D eigenvalue weighted by Crippen LogP contribution is -2.44. The third kappa shape index (κ3) is 6.72. The van der Waals surface area contributed by atoms with Gasteiger partial charge in [-0.1, -0.05) is 61.0 Å². The Morgan fingerprint density at radius 2 is 1.61 bits per heavy atom. The summed E-state index contributed by atoms with van der Waals surface area (Å²) in [6.07, 6.45) is -0.354. The molecule has 3 N–H and O–H groups in total. The van der Waals surface area contributed by atoms with Crippen LogP contribution in [0.5, 0.6) is 0 Å². The highest BCUT2D eigenvalue weighted by Gasteiger charge is 2.32. The molecule has 3 atom stereocenters. The summed E-state index contributed by atoms with van der Waals surface area (Å²) in [5, 5.41) is 22.0. The van der Waals surface area contributed by atoms with Gasteiger partial charge in [-0.15, -0.1) is 0 Å².